The summed E-state index contributed by atoms with van der Waals surface area (Å²) in [5, 5.41) is 0.617. The predicted octanol–water partition coefficient (Wildman–Crippen LogP) is 1.88. The first-order chi connectivity index (χ1) is 9.35. The van der Waals surface area contributed by atoms with Gasteiger partial charge in [-0.1, -0.05) is 42.9 Å². The Balaban J connectivity index is 2.80. The van der Waals surface area contributed by atoms with Gasteiger partial charge in [0.2, 0.25) is 5.91 Å². The molecule has 1 amide bonds. The second-order valence-electron chi connectivity index (χ2n) is 4.76. The standard InChI is InChI=1S/C14H20ClN3OS/c1-4-18(9-13(19)17(2)3)8-11-6-5-10(14(16)20)7-12(11)15/h5-7H,4,8-9H2,1-3H3,(H2,16,20). The van der Waals surface area contributed by atoms with Crippen molar-refractivity contribution in [2.24, 2.45) is 5.73 Å². The van der Waals surface area contributed by atoms with Gasteiger partial charge in [0.05, 0.1) is 6.54 Å². The SMILES string of the molecule is CCN(CC(=O)N(C)C)Cc1ccc(C(N)=S)cc1Cl. The summed E-state index contributed by atoms with van der Waals surface area (Å²) in [6, 6.07) is 5.52. The van der Waals surface area contributed by atoms with E-state index in [2.05, 4.69) is 0 Å². The Hall–Kier alpha value is -1.17. The van der Waals surface area contributed by atoms with Crippen LogP contribution in [0.3, 0.4) is 0 Å². The van der Waals surface area contributed by atoms with Gasteiger partial charge in [0.15, 0.2) is 0 Å². The molecule has 0 aliphatic carbocycles. The van der Waals surface area contributed by atoms with Crippen molar-refractivity contribution in [3.05, 3.63) is 34.3 Å². The van der Waals surface area contributed by atoms with E-state index in [-0.39, 0.29) is 5.91 Å². The van der Waals surface area contributed by atoms with E-state index in [9.17, 15) is 4.79 Å². The number of rotatable bonds is 6. The van der Waals surface area contributed by atoms with Crippen LogP contribution in [0, 0.1) is 0 Å². The molecule has 0 aliphatic rings. The number of thiocarbonyl (C=S) groups is 1. The van der Waals surface area contributed by atoms with Gasteiger partial charge in [-0.05, 0) is 18.2 Å². The summed E-state index contributed by atoms with van der Waals surface area (Å²) in [5.41, 5.74) is 7.28. The maximum absolute atomic E-state index is 11.7. The summed E-state index contributed by atoms with van der Waals surface area (Å²) < 4.78 is 0. The highest BCUT2D eigenvalue weighted by molar-refractivity contribution is 7.80. The minimum Gasteiger partial charge on any atom is -0.389 e. The molecular weight excluding hydrogens is 294 g/mol. The van der Waals surface area contributed by atoms with Crippen LogP contribution in [0.2, 0.25) is 5.02 Å². The molecule has 0 saturated carbocycles. The van der Waals surface area contributed by atoms with Crippen molar-refractivity contribution in [1.82, 2.24) is 9.80 Å². The second-order valence-corrected chi connectivity index (χ2v) is 5.61. The number of nitrogens with two attached hydrogens (primary N) is 1. The van der Waals surface area contributed by atoms with E-state index in [0.717, 1.165) is 17.7 Å². The quantitative estimate of drug-likeness (QED) is 0.815. The van der Waals surface area contributed by atoms with Crippen LogP contribution in [0.5, 0.6) is 0 Å². The molecule has 1 aromatic carbocycles. The number of benzene rings is 1. The molecule has 0 fully saturated rings. The number of halogens is 1. The van der Waals surface area contributed by atoms with Crippen molar-refractivity contribution in [2.75, 3.05) is 27.2 Å². The van der Waals surface area contributed by atoms with Crippen LogP contribution in [0.1, 0.15) is 18.1 Å². The third-order valence-electron chi connectivity index (χ3n) is 3.04. The summed E-state index contributed by atoms with van der Waals surface area (Å²) >= 11 is 11.2. The van der Waals surface area contributed by atoms with Crippen LogP contribution in [0.25, 0.3) is 0 Å². The zero-order valence-corrected chi connectivity index (χ0v) is 13.6. The van der Waals surface area contributed by atoms with Crippen LogP contribution in [-0.4, -0.2) is 47.9 Å². The summed E-state index contributed by atoms with van der Waals surface area (Å²) in [7, 11) is 3.50. The van der Waals surface area contributed by atoms with Crippen molar-refractivity contribution >= 4 is 34.7 Å². The van der Waals surface area contributed by atoms with Crippen molar-refractivity contribution in [2.45, 2.75) is 13.5 Å². The molecule has 4 nitrogen and oxygen atoms in total. The highest BCUT2D eigenvalue weighted by Gasteiger charge is 2.13. The lowest BCUT2D eigenvalue weighted by Gasteiger charge is -2.22. The van der Waals surface area contributed by atoms with Gasteiger partial charge in [-0.3, -0.25) is 9.69 Å². The Morgan fingerprint density at radius 1 is 1.40 bits per heavy atom. The third kappa shape index (κ3) is 4.74. The van der Waals surface area contributed by atoms with Gasteiger partial charge in [0.1, 0.15) is 4.99 Å². The number of nitrogens with zero attached hydrogens (tertiary/aromatic N) is 2. The summed E-state index contributed by atoms with van der Waals surface area (Å²) in [4.78, 5) is 15.7. The number of amides is 1. The van der Waals surface area contributed by atoms with E-state index in [4.69, 9.17) is 29.6 Å². The largest absolute Gasteiger partial charge is 0.389 e. The van der Waals surface area contributed by atoms with Crippen LogP contribution in [0.4, 0.5) is 0 Å². The van der Waals surface area contributed by atoms with Crippen molar-refractivity contribution in [3.8, 4) is 0 Å². The van der Waals surface area contributed by atoms with Crippen molar-refractivity contribution in [1.29, 1.82) is 0 Å². The van der Waals surface area contributed by atoms with E-state index in [1.165, 1.54) is 0 Å². The third-order valence-corrected chi connectivity index (χ3v) is 3.62. The van der Waals surface area contributed by atoms with Gasteiger partial charge < -0.3 is 10.6 Å². The minimum atomic E-state index is 0.0720. The van der Waals surface area contributed by atoms with E-state index < -0.39 is 0 Å². The maximum Gasteiger partial charge on any atom is 0.236 e. The molecule has 0 aliphatic heterocycles. The Morgan fingerprint density at radius 2 is 2.05 bits per heavy atom. The molecule has 0 radical (unpaired) electrons. The molecule has 0 bridgehead atoms. The maximum atomic E-state index is 11.7. The van der Waals surface area contributed by atoms with Crippen LogP contribution in [-0.2, 0) is 11.3 Å². The normalized spacial score (nSPS) is 10.7. The van der Waals surface area contributed by atoms with E-state index in [1.807, 2.05) is 24.0 Å². The Morgan fingerprint density at radius 3 is 2.50 bits per heavy atom. The fourth-order valence-corrected chi connectivity index (χ4v) is 2.05. The molecule has 0 saturated heterocycles. The zero-order valence-electron chi connectivity index (χ0n) is 12.0. The molecule has 0 atom stereocenters. The molecule has 1 aromatic rings. The average molecular weight is 314 g/mol. The molecule has 0 heterocycles. The zero-order chi connectivity index (χ0) is 15.3. The smallest absolute Gasteiger partial charge is 0.236 e. The van der Waals surface area contributed by atoms with Crippen molar-refractivity contribution < 1.29 is 4.79 Å². The Kier molecular flexibility index (Phi) is 6.39. The van der Waals surface area contributed by atoms with Crippen LogP contribution >= 0.6 is 23.8 Å². The molecule has 0 spiro atoms. The fourth-order valence-electron chi connectivity index (χ4n) is 1.68. The molecule has 20 heavy (non-hydrogen) atoms. The molecule has 110 valence electrons. The number of hydrogen-bond donors (Lipinski definition) is 1. The highest BCUT2D eigenvalue weighted by atomic mass is 35.5. The van der Waals surface area contributed by atoms with E-state index in [1.54, 1.807) is 25.1 Å². The fraction of sp³-hybridized carbons (Fsp3) is 0.429. The first-order valence-corrected chi connectivity index (χ1v) is 7.14. The Labute approximate surface area is 130 Å². The van der Waals surface area contributed by atoms with Gasteiger partial charge in [-0.25, -0.2) is 0 Å². The van der Waals surface area contributed by atoms with Crippen LogP contribution in [0.15, 0.2) is 18.2 Å². The van der Waals surface area contributed by atoms with E-state index in [0.29, 0.717) is 23.1 Å². The topological polar surface area (TPSA) is 49.6 Å². The summed E-state index contributed by atoms with van der Waals surface area (Å²) in [6.45, 7) is 3.77. The van der Waals surface area contributed by atoms with E-state index >= 15 is 0 Å². The van der Waals surface area contributed by atoms with Gasteiger partial charge in [-0.2, -0.15) is 0 Å². The lowest BCUT2D eigenvalue weighted by molar-refractivity contribution is -0.130. The molecular formula is C14H20ClN3OS. The first-order valence-electron chi connectivity index (χ1n) is 6.35. The average Bonchev–Trinajstić information content (AvgIpc) is 2.39. The first kappa shape index (κ1) is 16.9. The number of likely N-dealkylation sites (N-methyl/N-ethyl adjacent to an activating group) is 2. The second kappa shape index (κ2) is 7.57. The minimum absolute atomic E-state index is 0.0720. The lowest BCUT2D eigenvalue weighted by atomic mass is 10.1. The lowest BCUT2D eigenvalue weighted by Crippen LogP contribution is -2.36. The summed E-state index contributed by atoms with van der Waals surface area (Å²) in [5.74, 6) is 0.0720. The number of carbonyl (C=O) groups excluding carboxylic acids is 1. The number of carbonyl (C=O) groups is 1. The van der Waals surface area contributed by atoms with Crippen LogP contribution < -0.4 is 5.73 Å². The molecule has 1 rings (SSSR count). The van der Waals surface area contributed by atoms with Gasteiger partial charge in [0, 0.05) is 31.2 Å². The highest BCUT2D eigenvalue weighted by Crippen LogP contribution is 2.19. The Bertz CT molecular complexity index is 505. The molecule has 2 N–H and O–H groups in total. The van der Waals surface area contributed by atoms with Crippen molar-refractivity contribution in [3.63, 3.8) is 0 Å². The molecule has 6 heteroatoms. The van der Waals surface area contributed by atoms with Gasteiger partial charge in [-0.15, -0.1) is 0 Å². The molecule has 0 unspecified atom stereocenters. The molecule has 0 aromatic heterocycles. The van der Waals surface area contributed by atoms with Gasteiger partial charge in [0.25, 0.3) is 0 Å². The summed E-state index contributed by atoms with van der Waals surface area (Å²) in [6.07, 6.45) is 0. The van der Waals surface area contributed by atoms with Gasteiger partial charge >= 0.3 is 0 Å². The predicted molar refractivity (Wildman–Crippen MR) is 87.0 cm³/mol. The monoisotopic (exact) mass is 313 g/mol. The number of hydrogen-bond acceptors (Lipinski definition) is 3.